The van der Waals surface area contributed by atoms with Crippen molar-refractivity contribution in [3.05, 3.63) is 77.9 Å². The second-order valence-electron chi connectivity index (χ2n) is 7.93. The smallest absolute Gasteiger partial charge is 0.226 e. The van der Waals surface area contributed by atoms with Gasteiger partial charge in [-0.05, 0) is 55.3 Å². The molecule has 0 unspecified atom stereocenters. The van der Waals surface area contributed by atoms with Crippen molar-refractivity contribution in [2.45, 2.75) is 32.9 Å². The third-order valence-corrected chi connectivity index (χ3v) is 5.58. The van der Waals surface area contributed by atoms with Crippen molar-refractivity contribution in [3.63, 3.8) is 0 Å². The summed E-state index contributed by atoms with van der Waals surface area (Å²) in [6.07, 6.45) is 3.82. The van der Waals surface area contributed by atoms with E-state index in [4.69, 9.17) is 4.74 Å². The van der Waals surface area contributed by atoms with E-state index in [2.05, 4.69) is 52.2 Å². The van der Waals surface area contributed by atoms with Crippen LogP contribution in [0.1, 0.15) is 23.9 Å². The van der Waals surface area contributed by atoms with E-state index in [-0.39, 0.29) is 25.8 Å². The lowest BCUT2D eigenvalue weighted by Gasteiger charge is -2.35. The molecule has 1 aliphatic heterocycles. The summed E-state index contributed by atoms with van der Waals surface area (Å²) in [7, 11) is 0. The Morgan fingerprint density at radius 3 is 2.72 bits per heavy atom. The van der Waals surface area contributed by atoms with Crippen LogP contribution in [0.3, 0.4) is 0 Å². The van der Waals surface area contributed by atoms with Gasteiger partial charge in [-0.25, -0.2) is 0 Å². The highest BCUT2D eigenvalue weighted by molar-refractivity contribution is 7.59. The second kappa shape index (κ2) is 11.1. The summed E-state index contributed by atoms with van der Waals surface area (Å²) < 4.78 is 5.55. The minimum Gasteiger partial charge on any atom is -0.377 e. The number of pyridine rings is 2. The first-order chi connectivity index (χ1) is 15.1. The van der Waals surface area contributed by atoms with Gasteiger partial charge in [0.2, 0.25) is 5.91 Å². The van der Waals surface area contributed by atoms with E-state index in [1.54, 1.807) is 6.20 Å². The molecule has 1 saturated heterocycles. The quantitative estimate of drug-likeness (QED) is 0.621. The SMILES string of the molecule is Cc1cc(N2CCOC[C@@H]2C)ccc1-c1ccc(CC(=O)NCc2ccccn2)nc1.S. The maximum Gasteiger partial charge on any atom is 0.226 e. The predicted molar refractivity (Wildman–Crippen MR) is 132 cm³/mol. The highest BCUT2D eigenvalue weighted by Crippen LogP contribution is 2.28. The van der Waals surface area contributed by atoms with Gasteiger partial charge < -0.3 is 15.0 Å². The van der Waals surface area contributed by atoms with Crippen molar-refractivity contribution in [2.24, 2.45) is 0 Å². The lowest BCUT2D eigenvalue weighted by atomic mass is 10.00. The van der Waals surface area contributed by atoms with Gasteiger partial charge in [0.05, 0.1) is 31.9 Å². The van der Waals surface area contributed by atoms with Crippen molar-refractivity contribution in [1.29, 1.82) is 0 Å². The lowest BCUT2D eigenvalue weighted by Crippen LogP contribution is -2.43. The summed E-state index contributed by atoms with van der Waals surface area (Å²) >= 11 is 0. The second-order valence-corrected chi connectivity index (χ2v) is 7.93. The zero-order valence-corrected chi connectivity index (χ0v) is 19.5. The number of rotatable bonds is 6. The minimum absolute atomic E-state index is 0. The molecule has 6 nitrogen and oxygen atoms in total. The number of hydrogen-bond acceptors (Lipinski definition) is 5. The van der Waals surface area contributed by atoms with Gasteiger partial charge in [0.15, 0.2) is 0 Å². The number of anilines is 1. The molecule has 4 rings (SSSR count). The first kappa shape index (κ1) is 23.8. The number of carbonyl (C=O) groups is 1. The summed E-state index contributed by atoms with van der Waals surface area (Å²) in [5.74, 6) is -0.0638. The Morgan fingerprint density at radius 2 is 2.03 bits per heavy atom. The van der Waals surface area contributed by atoms with Gasteiger partial charge in [0, 0.05) is 41.9 Å². The van der Waals surface area contributed by atoms with Gasteiger partial charge >= 0.3 is 0 Å². The summed E-state index contributed by atoms with van der Waals surface area (Å²) in [6, 6.07) is 16.5. The van der Waals surface area contributed by atoms with E-state index in [0.29, 0.717) is 12.6 Å². The Hall–Kier alpha value is -2.90. The Morgan fingerprint density at radius 1 is 1.16 bits per heavy atom. The Balaban J connectivity index is 0.00000289. The largest absolute Gasteiger partial charge is 0.377 e. The fourth-order valence-corrected chi connectivity index (χ4v) is 3.87. The van der Waals surface area contributed by atoms with Crippen LogP contribution in [-0.2, 0) is 22.5 Å². The van der Waals surface area contributed by atoms with Crippen molar-refractivity contribution in [3.8, 4) is 11.1 Å². The van der Waals surface area contributed by atoms with Crippen LogP contribution < -0.4 is 10.2 Å². The molecule has 2 aromatic heterocycles. The molecule has 1 atom stereocenters. The molecule has 1 N–H and O–H groups in total. The molecule has 0 spiro atoms. The topological polar surface area (TPSA) is 67.3 Å². The van der Waals surface area contributed by atoms with Crippen molar-refractivity contribution in [2.75, 3.05) is 24.7 Å². The molecule has 1 aliphatic rings. The van der Waals surface area contributed by atoms with Crippen molar-refractivity contribution in [1.82, 2.24) is 15.3 Å². The number of aryl methyl sites for hydroxylation is 1. The summed E-state index contributed by atoms with van der Waals surface area (Å²) in [5.41, 5.74) is 6.23. The average molecular weight is 451 g/mol. The third-order valence-electron chi connectivity index (χ3n) is 5.58. The van der Waals surface area contributed by atoms with Crippen molar-refractivity contribution < 1.29 is 9.53 Å². The van der Waals surface area contributed by atoms with Gasteiger partial charge in [-0.15, -0.1) is 0 Å². The molecule has 3 heterocycles. The highest BCUT2D eigenvalue weighted by atomic mass is 32.1. The van der Waals surface area contributed by atoms with Crippen LogP contribution >= 0.6 is 13.5 Å². The predicted octanol–water partition coefficient (Wildman–Crippen LogP) is 3.65. The summed E-state index contributed by atoms with van der Waals surface area (Å²) in [4.78, 5) is 23.3. The Kier molecular flexibility index (Phi) is 8.25. The van der Waals surface area contributed by atoms with Crippen LogP contribution in [0, 0.1) is 6.92 Å². The fraction of sp³-hybridized carbons (Fsp3) is 0.320. The van der Waals surface area contributed by atoms with Crippen LogP contribution in [0.4, 0.5) is 5.69 Å². The monoisotopic (exact) mass is 450 g/mol. The van der Waals surface area contributed by atoms with E-state index in [1.165, 1.54) is 11.3 Å². The van der Waals surface area contributed by atoms with Crippen LogP contribution in [0.5, 0.6) is 0 Å². The fourth-order valence-electron chi connectivity index (χ4n) is 3.87. The van der Waals surface area contributed by atoms with Crippen molar-refractivity contribution >= 4 is 25.1 Å². The molecule has 1 amide bonds. The zero-order valence-electron chi connectivity index (χ0n) is 18.5. The number of aromatic nitrogens is 2. The maximum absolute atomic E-state index is 12.2. The number of nitrogens with one attached hydrogen (secondary N) is 1. The maximum atomic E-state index is 12.2. The highest BCUT2D eigenvalue weighted by Gasteiger charge is 2.19. The van der Waals surface area contributed by atoms with Gasteiger partial charge in [0.25, 0.3) is 0 Å². The number of hydrogen-bond donors (Lipinski definition) is 1. The van der Waals surface area contributed by atoms with Crippen LogP contribution in [0.25, 0.3) is 11.1 Å². The van der Waals surface area contributed by atoms with Crippen LogP contribution in [-0.4, -0.2) is 41.7 Å². The van der Waals surface area contributed by atoms with E-state index >= 15 is 0 Å². The number of benzene rings is 1. The summed E-state index contributed by atoms with van der Waals surface area (Å²) in [6.45, 7) is 7.19. The molecule has 0 aliphatic carbocycles. The zero-order chi connectivity index (χ0) is 21.6. The van der Waals surface area contributed by atoms with Gasteiger partial charge in [-0.1, -0.05) is 18.2 Å². The first-order valence-electron chi connectivity index (χ1n) is 10.7. The summed E-state index contributed by atoms with van der Waals surface area (Å²) in [5, 5.41) is 2.89. The van der Waals surface area contributed by atoms with Crippen LogP contribution in [0.2, 0.25) is 0 Å². The molecular weight excluding hydrogens is 420 g/mol. The molecule has 0 saturated carbocycles. The average Bonchev–Trinajstić information content (AvgIpc) is 2.79. The molecule has 0 bridgehead atoms. The Labute approximate surface area is 196 Å². The number of ether oxygens (including phenoxy) is 1. The number of nitrogens with zero attached hydrogens (tertiary/aromatic N) is 3. The van der Waals surface area contributed by atoms with E-state index < -0.39 is 0 Å². The minimum atomic E-state index is -0.0638. The molecule has 0 radical (unpaired) electrons. The third kappa shape index (κ3) is 5.87. The molecule has 3 aromatic rings. The Bertz CT molecular complexity index is 1030. The van der Waals surface area contributed by atoms with Gasteiger partial charge in [0.1, 0.15) is 0 Å². The standard InChI is InChI=1S/C25H28N4O2.H2S/c1-18-13-23(29-11-12-31-17-19(29)2)8-9-24(18)20-6-7-21(27-15-20)14-25(30)28-16-22-5-3-4-10-26-22;/h3-10,13,15,19H,11-12,14,16-17H2,1-2H3,(H,28,30);1H2/t19-;/m0./s1. The first-order valence-corrected chi connectivity index (χ1v) is 10.7. The normalized spacial score (nSPS) is 15.7. The lowest BCUT2D eigenvalue weighted by molar-refractivity contribution is -0.120. The number of morpholine rings is 1. The number of carbonyl (C=O) groups excluding carboxylic acids is 1. The van der Waals surface area contributed by atoms with E-state index in [0.717, 1.165) is 42.3 Å². The number of amides is 1. The van der Waals surface area contributed by atoms with E-state index in [9.17, 15) is 4.79 Å². The molecule has 7 heteroatoms. The molecule has 1 fully saturated rings. The van der Waals surface area contributed by atoms with Gasteiger partial charge in [-0.2, -0.15) is 13.5 Å². The molecule has 168 valence electrons. The molecule has 32 heavy (non-hydrogen) atoms. The van der Waals surface area contributed by atoms with Crippen LogP contribution in [0.15, 0.2) is 60.9 Å². The molecular formula is C25H30N4O2S. The molecule has 1 aromatic carbocycles. The van der Waals surface area contributed by atoms with E-state index in [1.807, 2.05) is 36.5 Å². The van der Waals surface area contributed by atoms with Gasteiger partial charge in [-0.3, -0.25) is 14.8 Å².